The van der Waals surface area contributed by atoms with E-state index < -0.39 is 11.9 Å². The van der Waals surface area contributed by atoms with E-state index in [0.717, 1.165) is 0 Å². The number of morpholine rings is 1. The van der Waals surface area contributed by atoms with Crippen LogP contribution in [0.4, 0.5) is 11.4 Å². The number of nitrogens with one attached hydrogen (secondary N) is 1. The van der Waals surface area contributed by atoms with Crippen molar-refractivity contribution in [1.29, 1.82) is 0 Å². The van der Waals surface area contributed by atoms with E-state index in [-0.39, 0.29) is 11.3 Å². The molecular weight excluding hydrogens is 400 g/mol. The molecule has 1 heterocycles. The second-order valence-corrected chi connectivity index (χ2v) is 6.98. The van der Waals surface area contributed by atoms with Crippen LogP contribution in [0.5, 0.6) is 5.75 Å². The lowest BCUT2D eigenvalue weighted by atomic mass is 10.1. The number of hydrogen-bond donors (Lipinski definition) is 1. The average Bonchev–Trinajstić information content (AvgIpc) is 2.79. The fourth-order valence-corrected chi connectivity index (χ4v) is 3.36. The van der Waals surface area contributed by atoms with Gasteiger partial charge < -0.3 is 24.4 Å². The predicted molar refractivity (Wildman–Crippen MR) is 116 cm³/mol. The van der Waals surface area contributed by atoms with E-state index in [0.29, 0.717) is 61.2 Å². The summed E-state index contributed by atoms with van der Waals surface area (Å²) in [5, 5.41) is 2.84. The molecule has 0 radical (unpaired) electrons. The lowest BCUT2D eigenvalue weighted by Gasteiger charge is -2.30. The van der Waals surface area contributed by atoms with Crippen LogP contribution in [-0.2, 0) is 9.47 Å². The van der Waals surface area contributed by atoms with Gasteiger partial charge in [0, 0.05) is 24.3 Å². The van der Waals surface area contributed by atoms with Gasteiger partial charge in [-0.15, -0.1) is 0 Å². The number of esters is 1. The van der Waals surface area contributed by atoms with Crippen LogP contribution in [0.3, 0.4) is 0 Å². The summed E-state index contributed by atoms with van der Waals surface area (Å²) < 4.78 is 15.8. The van der Waals surface area contributed by atoms with Crippen LogP contribution in [-0.4, -0.2) is 57.7 Å². The van der Waals surface area contributed by atoms with Gasteiger partial charge in [0.25, 0.3) is 5.91 Å². The quantitative estimate of drug-likeness (QED) is 0.537. The SMILES string of the molecule is CCOc1ccc(C(C)=O)cc1NC(=O)c1cc(C(=O)OC)ccc1N1CCOCC1. The summed E-state index contributed by atoms with van der Waals surface area (Å²) in [6.45, 7) is 6.05. The Morgan fingerprint density at radius 1 is 1.06 bits per heavy atom. The van der Waals surface area contributed by atoms with Gasteiger partial charge in [-0.25, -0.2) is 4.79 Å². The lowest BCUT2D eigenvalue weighted by Crippen LogP contribution is -2.37. The monoisotopic (exact) mass is 426 g/mol. The molecule has 0 unspecified atom stereocenters. The van der Waals surface area contributed by atoms with E-state index in [1.165, 1.54) is 20.1 Å². The summed E-state index contributed by atoms with van der Waals surface area (Å²) in [6, 6.07) is 9.78. The minimum absolute atomic E-state index is 0.125. The zero-order valence-corrected chi connectivity index (χ0v) is 17.9. The molecule has 1 saturated heterocycles. The van der Waals surface area contributed by atoms with E-state index in [2.05, 4.69) is 5.32 Å². The van der Waals surface area contributed by atoms with E-state index in [4.69, 9.17) is 14.2 Å². The molecule has 8 heteroatoms. The standard InChI is InChI=1S/C23H26N2O6/c1-4-31-21-8-6-16(15(2)26)14-19(21)24-22(27)18-13-17(23(28)29-3)5-7-20(18)25-9-11-30-12-10-25/h5-8,13-14H,4,9-12H2,1-3H3,(H,24,27). The first-order chi connectivity index (χ1) is 14.9. The highest BCUT2D eigenvalue weighted by atomic mass is 16.5. The van der Waals surface area contributed by atoms with Crippen molar-refractivity contribution in [3.8, 4) is 5.75 Å². The molecule has 1 amide bonds. The number of benzene rings is 2. The van der Waals surface area contributed by atoms with Crippen molar-refractivity contribution in [3.05, 3.63) is 53.1 Å². The number of nitrogens with zero attached hydrogens (tertiary/aromatic N) is 1. The van der Waals surface area contributed by atoms with Crippen LogP contribution in [0, 0.1) is 0 Å². The minimum Gasteiger partial charge on any atom is -0.492 e. The highest BCUT2D eigenvalue weighted by Crippen LogP contribution is 2.29. The van der Waals surface area contributed by atoms with Gasteiger partial charge >= 0.3 is 5.97 Å². The number of rotatable bonds is 7. The second kappa shape index (κ2) is 10.1. The van der Waals surface area contributed by atoms with Crippen molar-refractivity contribution < 1.29 is 28.6 Å². The summed E-state index contributed by atoms with van der Waals surface area (Å²) >= 11 is 0. The molecule has 0 aliphatic carbocycles. The van der Waals surface area contributed by atoms with Crippen LogP contribution in [0.1, 0.15) is 44.9 Å². The fourth-order valence-electron chi connectivity index (χ4n) is 3.36. The molecule has 0 atom stereocenters. The second-order valence-electron chi connectivity index (χ2n) is 6.98. The Hall–Kier alpha value is -3.39. The average molecular weight is 426 g/mol. The largest absolute Gasteiger partial charge is 0.492 e. The Morgan fingerprint density at radius 2 is 1.77 bits per heavy atom. The van der Waals surface area contributed by atoms with Crippen molar-refractivity contribution in [1.82, 2.24) is 0 Å². The normalized spacial score (nSPS) is 13.5. The van der Waals surface area contributed by atoms with Gasteiger partial charge in [0.15, 0.2) is 5.78 Å². The van der Waals surface area contributed by atoms with Crippen molar-refractivity contribution in [2.45, 2.75) is 13.8 Å². The number of carbonyl (C=O) groups excluding carboxylic acids is 3. The van der Waals surface area contributed by atoms with Crippen molar-refractivity contribution in [2.24, 2.45) is 0 Å². The molecule has 1 N–H and O–H groups in total. The van der Waals surface area contributed by atoms with Gasteiger partial charge in [0.05, 0.1) is 43.7 Å². The molecule has 1 aliphatic heterocycles. The van der Waals surface area contributed by atoms with Gasteiger partial charge in [-0.3, -0.25) is 9.59 Å². The topological polar surface area (TPSA) is 94.2 Å². The Balaban J connectivity index is 2.00. The molecule has 8 nitrogen and oxygen atoms in total. The molecule has 1 aliphatic rings. The fraction of sp³-hybridized carbons (Fsp3) is 0.348. The molecule has 1 fully saturated rings. The zero-order chi connectivity index (χ0) is 22.4. The summed E-state index contributed by atoms with van der Waals surface area (Å²) in [5.41, 5.74) is 2.12. The summed E-state index contributed by atoms with van der Waals surface area (Å²) in [6.07, 6.45) is 0. The Morgan fingerprint density at radius 3 is 2.42 bits per heavy atom. The third kappa shape index (κ3) is 5.21. The van der Waals surface area contributed by atoms with Gasteiger partial charge in [-0.05, 0) is 50.2 Å². The third-order valence-electron chi connectivity index (χ3n) is 4.95. The molecule has 3 rings (SSSR count). The number of ether oxygens (including phenoxy) is 3. The molecule has 0 aromatic heterocycles. The van der Waals surface area contributed by atoms with Gasteiger partial charge in [0.1, 0.15) is 5.75 Å². The first-order valence-electron chi connectivity index (χ1n) is 10.1. The number of carbonyl (C=O) groups is 3. The van der Waals surface area contributed by atoms with Crippen LogP contribution in [0.2, 0.25) is 0 Å². The number of hydrogen-bond acceptors (Lipinski definition) is 7. The van der Waals surface area contributed by atoms with E-state index in [1.54, 1.807) is 30.3 Å². The van der Waals surface area contributed by atoms with Gasteiger partial charge in [-0.1, -0.05) is 0 Å². The van der Waals surface area contributed by atoms with Crippen LogP contribution in [0.15, 0.2) is 36.4 Å². The van der Waals surface area contributed by atoms with Crippen LogP contribution >= 0.6 is 0 Å². The predicted octanol–water partition coefficient (Wildman–Crippen LogP) is 3.16. The minimum atomic E-state index is -0.531. The van der Waals surface area contributed by atoms with Crippen LogP contribution < -0.4 is 15.0 Å². The van der Waals surface area contributed by atoms with Gasteiger partial charge in [0.2, 0.25) is 0 Å². The molecule has 2 aromatic carbocycles. The maximum absolute atomic E-state index is 13.3. The third-order valence-corrected chi connectivity index (χ3v) is 4.95. The van der Waals surface area contributed by atoms with Crippen molar-refractivity contribution >= 4 is 29.0 Å². The zero-order valence-electron chi connectivity index (χ0n) is 17.9. The van der Waals surface area contributed by atoms with E-state index in [1.807, 2.05) is 11.8 Å². The Labute approximate surface area is 181 Å². The Kier molecular flexibility index (Phi) is 7.25. The lowest BCUT2D eigenvalue weighted by molar-refractivity contribution is 0.0600. The number of anilines is 2. The summed E-state index contributed by atoms with van der Waals surface area (Å²) in [4.78, 5) is 39.2. The number of methoxy groups -OCH3 is 1. The van der Waals surface area contributed by atoms with Crippen LogP contribution in [0.25, 0.3) is 0 Å². The molecule has 31 heavy (non-hydrogen) atoms. The number of Topliss-reactive ketones (excluding diaryl/α,β-unsaturated/α-hetero) is 1. The summed E-state index contributed by atoms with van der Waals surface area (Å²) in [7, 11) is 1.29. The van der Waals surface area contributed by atoms with Gasteiger partial charge in [-0.2, -0.15) is 0 Å². The highest BCUT2D eigenvalue weighted by Gasteiger charge is 2.22. The molecule has 2 aromatic rings. The van der Waals surface area contributed by atoms with E-state index in [9.17, 15) is 14.4 Å². The first kappa shape index (κ1) is 22.3. The molecule has 0 spiro atoms. The van der Waals surface area contributed by atoms with Crippen molar-refractivity contribution in [2.75, 3.05) is 50.2 Å². The smallest absolute Gasteiger partial charge is 0.337 e. The maximum atomic E-state index is 13.3. The number of amides is 1. The maximum Gasteiger partial charge on any atom is 0.337 e. The molecule has 164 valence electrons. The molecule has 0 bridgehead atoms. The highest BCUT2D eigenvalue weighted by molar-refractivity contribution is 6.10. The molecule has 0 saturated carbocycles. The molecular formula is C23H26N2O6. The first-order valence-corrected chi connectivity index (χ1v) is 10.1. The number of ketones is 1. The Bertz CT molecular complexity index is 982. The van der Waals surface area contributed by atoms with E-state index >= 15 is 0 Å². The van der Waals surface area contributed by atoms with Crippen molar-refractivity contribution in [3.63, 3.8) is 0 Å². The summed E-state index contributed by atoms with van der Waals surface area (Å²) in [5.74, 6) is -0.622.